The number of guanidine groups is 1. The summed E-state index contributed by atoms with van der Waals surface area (Å²) in [5.74, 6) is 0.812. The molecule has 0 aliphatic carbocycles. The zero-order chi connectivity index (χ0) is 21.3. The van der Waals surface area contributed by atoms with Gasteiger partial charge in [-0.25, -0.2) is 0 Å². The van der Waals surface area contributed by atoms with Crippen molar-refractivity contribution in [2.24, 2.45) is 4.99 Å². The number of halogens is 1. The van der Waals surface area contributed by atoms with Crippen molar-refractivity contribution < 1.29 is 4.74 Å². The molecule has 1 aliphatic rings. The van der Waals surface area contributed by atoms with Gasteiger partial charge in [0.1, 0.15) is 0 Å². The molecule has 0 amide bonds. The first kappa shape index (κ1) is 25.4. The molecule has 1 aliphatic heterocycles. The second-order valence-corrected chi connectivity index (χ2v) is 7.94. The second kappa shape index (κ2) is 12.9. The number of benzene rings is 2. The van der Waals surface area contributed by atoms with Gasteiger partial charge in [0.05, 0.1) is 13.2 Å². The molecule has 3 rings (SSSR count). The number of aryl methyl sites for hydroxylation is 1. The molecule has 31 heavy (non-hydrogen) atoms. The number of aliphatic imine (C=N–C) groups is 1. The fraction of sp³-hybridized carbons (Fsp3) is 0.458. The second-order valence-electron chi connectivity index (χ2n) is 7.94. The third-order valence-corrected chi connectivity index (χ3v) is 5.57. The molecule has 1 heterocycles. The van der Waals surface area contributed by atoms with Crippen LogP contribution in [-0.4, -0.2) is 58.3 Å². The molecule has 0 atom stereocenters. The molecule has 2 N–H and O–H groups in total. The van der Waals surface area contributed by atoms with E-state index in [-0.39, 0.29) is 24.0 Å². The summed E-state index contributed by atoms with van der Waals surface area (Å²) in [6.45, 7) is 8.26. The zero-order valence-electron chi connectivity index (χ0n) is 19.1. The number of hydrogen-bond donors (Lipinski definition) is 2. The van der Waals surface area contributed by atoms with Crippen LogP contribution in [-0.2, 0) is 24.4 Å². The van der Waals surface area contributed by atoms with Crippen LogP contribution in [0.15, 0.2) is 47.5 Å². The average Bonchev–Trinajstić information content (AvgIpc) is 2.76. The maximum Gasteiger partial charge on any atom is 0.191 e. The molecule has 2 aromatic carbocycles. The molecule has 7 heteroatoms. The van der Waals surface area contributed by atoms with E-state index >= 15 is 0 Å². The molecule has 1 saturated heterocycles. The van der Waals surface area contributed by atoms with Crippen LogP contribution in [0.2, 0.25) is 0 Å². The van der Waals surface area contributed by atoms with E-state index in [9.17, 15) is 0 Å². The van der Waals surface area contributed by atoms with Crippen molar-refractivity contribution in [2.45, 2.75) is 26.6 Å². The summed E-state index contributed by atoms with van der Waals surface area (Å²) in [6.07, 6.45) is 0. The number of anilines is 1. The lowest BCUT2D eigenvalue weighted by atomic mass is 10.1. The SMILES string of the molecule is CN=C(NCc1ccc(N(C)C)cc1C)NCc1ccccc1CN1CCOCC1.I. The predicted molar refractivity (Wildman–Crippen MR) is 140 cm³/mol. The maximum absolute atomic E-state index is 5.47. The van der Waals surface area contributed by atoms with Gasteiger partial charge in [0, 0.05) is 59.6 Å². The lowest BCUT2D eigenvalue weighted by molar-refractivity contribution is 0.0341. The quantitative estimate of drug-likeness (QED) is 0.323. The molecule has 0 unspecified atom stereocenters. The van der Waals surface area contributed by atoms with Crippen LogP contribution in [0.4, 0.5) is 5.69 Å². The highest BCUT2D eigenvalue weighted by Gasteiger charge is 2.13. The summed E-state index contributed by atoms with van der Waals surface area (Å²) in [5, 5.41) is 6.91. The number of morpholine rings is 1. The third kappa shape index (κ3) is 7.66. The molecule has 6 nitrogen and oxygen atoms in total. The maximum atomic E-state index is 5.47. The van der Waals surface area contributed by atoms with Gasteiger partial charge < -0.3 is 20.3 Å². The molecule has 0 aromatic heterocycles. The van der Waals surface area contributed by atoms with Crippen molar-refractivity contribution in [2.75, 3.05) is 52.3 Å². The highest BCUT2D eigenvalue weighted by Crippen LogP contribution is 2.17. The van der Waals surface area contributed by atoms with Gasteiger partial charge in [-0.15, -0.1) is 24.0 Å². The fourth-order valence-corrected chi connectivity index (χ4v) is 3.62. The minimum atomic E-state index is 0. The summed E-state index contributed by atoms with van der Waals surface area (Å²) in [7, 11) is 5.95. The van der Waals surface area contributed by atoms with Gasteiger partial charge in [-0.1, -0.05) is 30.3 Å². The molecular weight excluding hydrogens is 501 g/mol. The smallest absolute Gasteiger partial charge is 0.191 e. The van der Waals surface area contributed by atoms with E-state index in [0.29, 0.717) is 0 Å². The summed E-state index contributed by atoms with van der Waals surface area (Å²) in [5.41, 5.74) is 6.43. The van der Waals surface area contributed by atoms with E-state index in [4.69, 9.17) is 4.74 Å². The van der Waals surface area contributed by atoms with E-state index < -0.39 is 0 Å². The van der Waals surface area contributed by atoms with Crippen LogP contribution in [0, 0.1) is 6.92 Å². The van der Waals surface area contributed by atoms with Crippen LogP contribution in [0.1, 0.15) is 22.3 Å². The lowest BCUT2D eigenvalue weighted by Gasteiger charge is -2.27. The summed E-state index contributed by atoms with van der Waals surface area (Å²) >= 11 is 0. The first-order chi connectivity index (χ1) is 14.6. The number of nitrogens with one attached hydrogen (secondary N) is 2. The van der Waals surface area contributed by atoms with Gasteiger partial charge in [0.2, 0.25) is 0 Å². The van der Waals surface area contributed by atoms with E-state index in [0.717, 1.165) is 51.9 Å². The Morgan fingerprint density at radius 2 is 1.65 bits per heavy atom. The normalized spacial score (nSPS) is 14.6. The van der Waals surface area contributed by atoms with E-state index in [1.54, 1.807) is 0 Å². The van der Waals surface area contributed by atoms with E-state index in [1.165, 1.54) is 27.9 Å². The number of nitrogens with zero attached hydrogens (tertiary/aromatic N) is 3. The highest BCUT2D eigenvalue weighted by atomic mass is 127. The van der Waals surface area contributed by atoms with Crippen LogP contribution in [0.3, 0.4) is 0 Å². The molecule has 0 spiro atoms. The zero-order valence-corrected chi connectivity index (χ0v) is 21.5. The summed E-state index contributed by atoms with van der Waals surface area (Å²) in [6, 6.07) is 15.2. The van der Waals surface area contributed by atoms with Crippen molar-refractivity contribution in [3.8, 4) is 0 Å². The van der Waals surface area contributed by atoms with Crippen molar-refractivity contribution in [1.29, 1.82) is 0 Å². The third-order valence-electron chi connectivity index (χ3n) is 5.57. The molecule has 1 fully saturated rings. The Labute approximate surface area is 204 Å². The van der Waals surface area contributed by atoms with E-state index in [2.05, 4.69) is 88.9 Å². The first-order valence-electron chi connectivity index (χ1n) is 10.6. The van der Waals surface area contributed by atoms with Crippen molar-refractivity contribution in [1.82, 2.24) is 15.5 Å². The van der Waals surface area contributed by atoms with Crippen molar-refractivity contribution in [3.63, 3.8) is 0 Å². The lowest BCUT2D eigenvalue weighted by Crippen LogP contribution is -2.37. The summed E-state index contributed by atoms with van der Waals surface area (Å²) in [4.78, 5) is 8.98. The molecule has 0 radical (unpaired) electrons. The van der Waals surface area contributed by atoms with Crippen LogP contribution in [0.25, 0.3) is 0 Å². The summed E-state index contributed by atoms with van der Waals surface area (Å²) < 4.78 is 5.47. The fourth-order valence-electron chi connectivity index (χ4n) is 3.62. The average molecular weight is 537 g/mol. The van der Waals surface area contributed by atoms with Crippen LogP contribution < -0.4 is 15.5 Å². The standard InChI is InChI=1S/C24H35N5O.HI/c1-19-15-23(28(3)4)10-9-20(19)16-26-24(25-2)27-17-21-7-5-6-8-22(21)18-29-11-13-30-14-12-29;/h5-10,15H,11-14,16-18H2,1-4H3,(H2,25,26,27);1H. The Bertz CT molecular complexity index is 850. The Balaban J connectivity index is 0.00000341. The number of ether oxygens (including phenoxy) is 1. The van der Waals surface area contributed by atoms with Gasteiger partial charge in [-0.05, 0) is 41.3 Å². The van der Waals surface area contributed by atoms with Gasteiger partial charge in [-0.3, -0.25) is 9.89 Å². The van der Waals surface area contributed by atoms with E-state index in [1.807, 2.05) is 7.05 Å². The molecule has 0 saturated carbocycles. The predicted octanol–water partition coefficient (Wildman–Crippen LogP) is 3.38. The Morgan fingerprint density at radius 3 is 2.26 bits per heavy atom. The topological polar surface area (TPSA) is 52.1 Å². The van der Waals surface area contributed by atoms with Crippen molar-refractivity contribution in [3.05, 3.63) is 64.7 Å². The molecule has 0 bridgehead atoms. The molecule has 170 valence electrons. The Hall–Kier alpha value is -1.84. The Kier molecular flexibility index (Phi) is 10.6. The van der Waals surface area contributed by atoms with Crippen LogP contribution in [0.5, 0.6) is 0 Å². The minimum Gasteiger partial charge on any atom is -0.379 e. The van der Waals surface area contributed by atoms with Gasteiger partial charge in [-0.2, -0.15) is 0 Å². The largest absolute Gasteiger partial charge is 0.379 e. The van der Waals surface area contributed by atoms with Gasteiger partial charge >= 0.3 is 0 Å². The van der Waals surface area contributed by atoms with Crippen molar-refractivity contribution >= 4 is 35.6 Å². The van der Waals surface area contributed by atoms with Gasteiger partial charge in [0.25, 0.3) is 0 Å². The highest BCUT2D eigenvalue weighted by molar-refractivity contribution is 14.0. The van der Waals surface area contributed by atoms with Gasteiger partial charge in [0.15, 0.2) is 5.96 Å². The number of hydrogen-bond acceptors (Lipinski definition) is 4. The number of rotatable bonds is 7. The molecular formula is C24H36IN5O. The Morgan fingerprint density at radius 1 is 1.00 bits per heavy atom. The monoisotopic (exact) mass is 537 g/mol. The van der Waals surface area contributed by atoms with Crippen LogP contribution >= 0.6 is 24.0 Å². The minimum absolute atomic E-state index is 0. The molecule has 2 aromatic rings. The first-order valence-corrected chi connectivity index (χ1v) is 10.6.